The number of carbonyl (C=O) groups is 1. The minimum absolute atomic E-state index is 0.0573. The van der Waals surface area contributed by atoms with Crippen LogP contribution >= 0.6 is 15.9 Å². The Morgan fingerprint density at radius 1 is 1.47 bits per heavy atom. The second kappa shape index (κ2) is 4.86. The van der Waals surface area contributed by atoms with Gasteiger partial charge in [-0.3, -0.25) is 4.79 Å². The lowest BCUT2D eigenvalue weighted by atomic mass is 9.92. The quantitative estimate of drug-likeness (QED) is 0.639. The van der Waals surface area contributed by atoms with Crippen molar-refractivity contribution in [2.24, 2.45) is 5.92 Å². The van der Waals surface area contributed by atoms with Crippen LogP contribution in [-0.2, 0) is 9.22 Å². The highest BCUT2D eigenvalue weighted by Gasteiger charge is 2.44. The zero-order chi connectivity index (χ0) is 13.4. The molecule has 0 saturated carbocycles. The molecule has 1 aliphatic rings. The van der Waals surface area contributed by atoms with E-state index in [0.717, 1.165) is 5.70 Å². The summed E-state index contributed by atoms with van der Waals surface area (Å²) in [6.45, 7) is 13.0. The highest BCUT2D eigenvalue weighted by Crippen LogP contribution is 2.39. The molecule has 0 bridgehead atoms. The summed E-state index contributed by atoms with van der Waals surface area (Å²) in [7, 11) is -1.81. The molecule has 0 spiro atoms. The van der Waals surface area contributed by atoms with E-state index in [1.54, 1.807) is 4.99 Å². The molecule has 1 amide bonds. The summed E-state index contributed by atoms with van der Waals surface area (Å²) >= 11 is 3.26. The highest BCUT2D eigenvalue weighted by atomic mass is 79.9. The fraction of sp³-hybridized carbons (Fsp3) is 0.750. The molecule has 0 aliphatic carbocycles. The van der Waals surface area contributed by atoms with Crippen molar-refractivity contribution < 1.29 is 9.22 Å². The molecule has 0 aromatic carbocycles. The third-order valence-electron chi connectivity index (χ3n) is 3.76. The van der Waals surface area contributed by atoms with Gasteiger partial charge in [0.1, 0.15) is 5.92 Å². The van der Waals surface area contributed by atoms with Crippen LogP contribution in [-0.4, -0.2) is 20.3 Å². The predicted octanol–water partition coefficient (Wildman–Crippen LogP) is 3.38. The Kier molecular flexibility index (Phi) is 4.27. The molecule has 1 aliphatic heterocycles. The number of amides is 1. The van der Waals surface area contributed by atoms with E-state index in [0.29, 0.717) is 0 Å². The van der Waals surface area contributed by atoms with Gasteiger partial charge < -0.3 is 9.74 Å². The molecule has 98 valence electrons. The Morgan fingerprint density at radius 3 is 2.35 bits per heavy atom. The lowest BCUT2D eigenvalue weighted by molar-refractivity contribution is -0.131. The molecule has 3 nitrogen and oxygen atoms in total. The summed E-state index contributed by atoms with van der Waals surface area (Å²) in [5.74, 6) is -0.0783. The van der Waals surface area contributed by atoms with Gasteiger partial charge in [-0.15, -0.1) is 0 Å². The number of hydrogen-bond acceptors (Lipinski definition) is 2. The van der Waals surface area contributed by atoms with Crippen LogP contribution in [0.1, 0.15) is 27.7 Å². The van der Waals surface area contributed by atoms with Crippen molar-refractivity contribution in [2.45, 2.75) is 51.9 Å². The summed E-state index contributed by atoms with van der Waals surface area (Å²) in [5, 5.41) is 2.93. The number of halogens is 1. The van der Waals surface area contributed by atoms with Crippen LogP contribution in [0.2, 0.25) is 18.1 Å². The fourth-order valence-electron chi connectivity index (χ4n) is 1.63. The maximum absolute atomic E-state index is 11.5. The second-order valence-corrected chi connectivity index (χ2v) is 11.3. The predicted molar refractivity (Wildman–Crippen MR) is 76.4 cm³/mol. The largest absolute Gasteiger partial charge is 0.413 e. The van der Waals surface area contributed by atoms with Crippen LogP contribution in [0.25, 0.3) is 0 Å². The Morgan fingerprint density at radius 2 is 2.00 bits per heavy atom. The van der Waals surface area contributed by atoms with Crippen molar-refractivity contribution in [2.75, 3.05) is 0 Å². The Bertz CT molecular complexity index is 347. The van der Waals surface area contributed by atoms with E-state index < -0.39 is 8.32 Å². The van der Waals surface area contributed by atoms with E-state index >= 15 is 0 Å². The van der Waals surface area contributed by atoms with Gasteiger partial charge in [0.05, 0.1) is 6.10 Å². The maximum atomic E-state index is 11.5. The fourth-order valence-corrected chi connectivity index (χ4v) is 3.45. The molecule has 1 heterocycles. The molecular weight excluding hydrogens is 298 g/mol. The van der Waals surface area contributed by atoms with Crippen molar-refractivity contribution >= 4 is 30.2 Å². The van der Waals surface area contributed by atoms with Crippen LogP contribution < -0.4 is 5.32 Å². The first-order chi connectivity index (χ1) is 7.60. The smallest absolute Gasteiger partial charge is 0.235 e. The molecule has 1 fully saturated rings. The first kappa shape index (κ1) is 14.9. The van der Waals surface area contributed by atoms with Gasteiger partial charge >= 0.3 is 0 Å². The minimum atomic E-state index is -1.81. The van der Waals surface area contributed by atoms with Crippen LogP contribution in [0, 0.1) is 5.92 Å². The molecule has 1 rings (SSSR count). The molecule has 2 atom stereocenters. The Hall–Kier alpha value is -0.133. The van der Waals surface area contributed by atoms with Gasteiger partial charge in [-0.05, 0) is 25.1 Å². The summed E-state index contributed by atoms with van der Waals surface area (Å²) in [6, 6.07) is 0. The van der Waals surface area contributed by atoms with Gasteiger partial charge in [-0.2, -0.15) is 0 Å². The molecule has 0 radical (unpaired) electrons. The van der Waals surface area contributed by atoms with Gasteiger partial charge in [-0.1, -0.05) is 36.7 Å². The van der Waals surface area contributed by atoms with Crippen LogP contribution in [0.15, 0.2) is 10.7 Å². The first-order valence-corrected chi connectivity index (χ1v) is 9.71. The van der Waals surface area contributed by atoms with Gasteiger partial charge in [0.25, 0.3) is 0 Å². The van der Waals surface area contributed by atoms with Crippen LogP contribution in [0.5, 0.6) is 0 Å². The standard InChI is InChI=1S/C12H22BrNO2Si/c1-8(10-9(7-13)14-11(10)15)16-17(5,6)12(2,3)4/h7-8,10H,1-6H3,(H,14,15)/b9-7-/t8-,10-/m1/s1. The topological polar surface area (TPSA) is 38.3 Å². The average Bonchev–Trinajstić information content (AvgIpc) is 2.10. The summed E-state index contributed by atoms with van der Waals surface area (Å²) < 4.78 is 6.23. The van der Waals surface area contributed by atoms with E-state index in [2.05, 4.69) is 55.1 Å². The number of carbonyl (C=O) groups excluding carboxylic acids is 1. The zero-order valence-electron chi connectivity index (χ0n) is 11.4. The zero-order valence-corrected chi connectivity index (χ0v) is 14.0. The highest BCUT2D eigenvalue weighted by molar-refractivity contribution is 9.11. The Balaban J connectivity index is 2.73. The molecule has 5 heteroatoms. The van der Waals surface area contributed by atoms with Crippen LogP contribution in [0.4, 0.5) is 0 Å². The van der Waals surface area contributed by atoms with Crippen LogP contribution in [0.3, 0.4) is 0 Å². The number of β-lactam (4-membered cyclic amide) rings is 1. The third kappa shape index (κ3) is 3.00. The lowest BCUT2D eigenvalue weighted by Gasteiger charge is -2.42. The van der Waals surface area contributed by atoms with E-state index in [9.17, 15) is 4.79 Å². The van der Waals surface area contributed by atoms with Gasteiger partial charge in [0.2, 0.25) is 5.91 Å². The Labute approximate surface area is 113 Å². The third-order valence-corrected chi connectivity index (χ3v) is 8.83. The molecule has 17 heavy (non-hydrogen) atoms. The normalized spacial score (nSPS) is 25.5. The van der Waals surface area contributed by atoms with Crippen molar-refractivity contribution in [1.82, 2.24) is 5.32 Å². The lowest BCUT2D eigenvalue weighted by Crippen LogP contribution is -2.55. The maximum Gasteiger partial charge on any atom is 0.235 e. The van der Waals surface area contributed by atoms with Crippen molar-refractivity contribution in [1.29, 1.82) is 0 Å². The van der Waals surface area contributed by atoms with E-state index in [1.165, 1.54) is 0 Å². The molecule has 0 unspecified atom stereocenters. The first-order valence-electron chi connectivity index (χ1n) is 5.89. The summed E-state index contributed by atoms with van der Waals surface area (Å²) in [6.07, 6.45) is -0.0616. The van der Waals surface area contributed by atoms with Crippen molar-refractivity contribution in [3.05, 3.63) is 10.7 Å². The molecule has 1 N–H and O–H groups in total. The summed E-state index contributed by atoms with van der Waals surface area (Å²) in [4.78, 5) is 13.3. The van der Waals surface area contributed by atoms with E-state index in [-0.39, 0.29) is 23.0 Å². The minimum Gasteiger partial charge on any atom is -0.413 e. The monoisotopic (exact) mass is 319 g/mol. The average molecular weight is 320 g/mol. The van der Waals surface area contributed by atoms with Gasteiger partial charge in [-0.25, -0.2) is 0 Å². The second-order valence-electron chi connectivity index (χ2n) is 6.11. The number of rotatable bonds is 3. The molecule has 1 saturated heterocycles. The molecule has 0 aromatic heterocycles. The SMILES string of the molecule is C[C@@H](O[Si](C)(C)C(C)(C)C)[C@H]1C(=O)N/C1=C\Br. The molecule has 0 aromatic rings. The van der Waals surface area contributed by atoms with Gasteiger partial charge in [0.15, 0.2) is 8.32 Å². The van der Waals surface area contributed by atoms with E-state index in [4.69, 9.17) is 4.43 Å². The van der Waals surface area contributed by atoms with Crippen molar-refractivity contribution in [3.8, 4) is 0 Å². The number of hydrogen-bond donors (Lipinski definition) is 1. The summed E-state index contributed by atoms with van der Waals surface area (Å²) in [5.41, 5.74) is 0.918. The van der Waals surface area contributed by atoms with Gasteiger partial charge in [0, 0.05) is 10.7 Å². The number of nitrogens with one attached hydrogen (secondary N) is 1. The van der Waals surface area contributed by atoms with Crippen molar-refractivity contribution in [3.63, 3.8) is 0 Å². The van der Waals surface area contributed by atoms with E-state index in [1.807, 2.05) is 6.92 Å². The molecular formula is C12H22BrNO2Si.